The number of hydrogen-bond acceptors (Lipinski definition) is 4. The summed E-state index contributed by atoms with van der Waals surface area (Å²) in [7, 11) is 3.58. The quantitative estimate of drug-likeness (QED) is 0.800. The number of nitrogens with two attached hydrogens (primary N) is 1. The number of allylic oxidation sites excluding steroid dienone is 1. The van der Waals surface area contributed by atoms with Gasteiger partial charge in [-0.15, -0.1) is 0 Å². The zero-order valence-electron chi connectivity index (χ0n) is 14.4. The van der Waals surface area contributed by atoms with Crippen molar-refractivity contribution in [2.45, 2.75) is 12.1 Å². The molecule has 1 unspecified atom stereocenters. The number of rotatable bonds is 2. The van der Waals surface area contributed by atoms with Crippen molar-refractivity contribution >= 4 is 5.69 Å². The molecule has 1 heterocycles. The van der Waals surface area contributed by atoms with E-state index in [1.165, 1.54) is 0 Å². The van der Waals surface area contributed by atoms with Crippen molar-refractivity contribution in [3.05, 3.63) is 70.4 Å². The Morgan fingerprint density at radius 3 is 2.41 bits per heavy atom. The number of nitriles is 1. The van der Waals surface area contributed by atoms with E-state index >= 15 is 0 Å². The van der Waals surface area contributed by atoms with Crippen molar-refractivity contribution in [3.63, 3.8) is 0 Å². The van der Waals surface area contributed by atoms with E-state index < -0.39 is 23.5 Å². The zero-order chi connectivity index (χ0) is 19.9. The van der Waals surface area contributed by atoms with Gasteiger partial charge in [0.25, 0.3) is 0 Å². The first-order valence-corrected chi connectivity index (χ1v) is 7.89. The summed E-state index contributed by atoms with van der Waals surface area (Å²) in [5.41, 5.74) is 5.23. The van der Waals surface area contributed by atoms with E-state index in [9.17, 15) is 22.8 Å². The summed E-state index contributed by atoms with van der Waals surface area (Å²) in [4.78, 5) is 1.78. The van der Waals surface area contributed by atoms with E-state index in [0.29, 0.717) is 11.6 Å². The van der Waals surface area contributed by atoms with Gasteiger partial charge in [0, 0.05) is 31.4 Å². The summed E-state index contributed by atoms with van der Waals surface area (Å²) in [5.74, 6) is -2.11. The summed E-state index contributed by atoms with van der Waals surface area (Å²) >= 11 is 0. The Hall–Kier alpha value is -3.21. The van der Waals surface area contributed by atoms with Crippen LogP contribution in [0.25, 0.3) is 0 Å². The van der Waals surface area contributed by atoms with Gasteiger partial charge in [0.1, 0.15) is 23.2 Å². The van der Waals surface area contributed by atoms with Crippen molar-refractivity contribution in [1.29, 1.82) is 5.26 Å². The summed E-state index contributed by atoms with van der Waals surface area (Å²) in [6.07, 6.45) is -4.72. The molecule has 27 heavy (non-hydrogen) atoms. The lowest BCUT2D eigenvalue weighted by Crippen LogP contribution is -2.23. The number of anilines is 1. The fraction of sp³-hybridized carbons (Fsp3) is 0.211. The van der Waals surface area contributed by atoms with E-state index in [0.717, 1.165) is 17.8 Å². The van der Waals surface area contributed by atoms with Gasteiger partial charge in [0.2, 0.25) is 5.88 Å². The molecular formula is C19H15F4N3O. The minimum absolute atomic E-state index is 0.198. The molecule has 0 aliphatic carbocycles. The predicted octanol–water partition coefficient (Wildman–Crippen LogP) is 4.13. The molecule has 4 nitrogen and oxygen atoms in total. The molecule has 2 aromatic carbocycles. The molecule has 0 spiro atoms. The van der Waals surface area contributed by atoms with Crippen molar-refractivity contribution in [2.24, 2.45) is 5.73 Å². The fourth-order valence-electron chi connectivity index (χ4n) is 3.07. The van der Waals surface area contributed by atoms with Crippen molar-refractivity contribution in [1.82, 2.24) is 0 Å². The maximum atomic E-state index is 13.8. The van der Waals surface area contributed by atoms with Crippen molar-refractivity contribution in [2.75, 3.05) is 19.0 Å². The van der Waals surface area contributed by atoms with Crippen LogP contribution in [-0.2, 0) is 6.18 Å². The lowest BCUT2D eigenvalue weighted by molar-refractivity contribution is -0.138. The average molecular weight is 377 g/mol. The number of halogens is 4. The lowest BCUT2D eigenvalue weighted by atomic mass is 9.81. The molecule has 140 valence electrons. The van der Waals surface area contributed by atoms with E-state index in [4.69, 9.17) is 10.5 Å². The third kappa shape index (κ3) is 3.28. The van der Waals surface area contributed by atoms with Gasteiger partial charge in [-0.05, 0) is 29.8 Å². The number of hydrogen-bond donors (Lipinski definition) is 1. The van der Waals surface area contributed by atoms with Crippen LogP contribution in [-0.4, -0.2) is 14.1 Å². The minimum Gasteiger partial charge on any atom is -0.440 e. The molecule has 0 saturated carbocycles. The Labute approximate surface area is 153 Å². The minimum atomic E-state index is -4.72. The lowest BCUT2D eigenvalue weighted by Gasteiger charge is -2.29. The molecule has 0 saturated heterocycles. The summed E-state index contributed by atoms with van der Waals surface area (Å²) in [6.45, 7) is 0. The molecule has 0 amide bonds. The molecule has 1 aliphatic rings. The van der Waals surface area contributed by atoms with Crippen LogP contribution < -0.4 is 15.4 Å². The van der Waals surface area contributed by atoms with Gasteiger partial charge in [-0.2, -0.15) is 18.4 Å². The van der Waals surface area contributed by atoms with E-state index in [1.807, 2.05) is 6.07 Å². The van der Waals surface area contributed by atoms with E-state index in [2.05, 4.69) is 0 Å². The molecule has 2 aromatic rings. The first kappa shape index (κ1) is 18.6. The molecule has 0 aromatic heterocycles. The number of nitrogens with zero attached hydrogens (tertiary/aromatic N) is 2. The van der Waals surface area contributed by atoms with Crippen molar-refractivity contribution in [3.8, 4) is 11.8 Å². The number of alkyl halides is 3. The van der Waals surface area contributed by atoms with Crippen LogP contribution in [0, 0.1) is 17.1 Å². The van der Waals surface area contributed by atoms with Gasteiger partial charge in [0.05, 0.1) is 11.5 Å². The Morgan fingerprint density at radius 2 is 1.81 bits per heavy atom. The standard InChI is InChI=1S/C19H15F4N3O/c1-26(2)11-4-5-12-16(8-11)27-18(25)14(9-24)17(12)13-7-10(20)3-6-15(13)19(21,22)23/h3-8,17H,25H2,1-2H3. The highest BCUT2D eigenvalue weighted by Gasteiger charge is 2.39. The third-order valence-corrected chi connectivity index (χ3v) is 4.35. The second-order valence-corrected chi connectivity index (χ2v) is 6.27. The smallest absolute Gasteiger partial charge is 0.416 e. The molecule has 0 bridgehead atoms. The Kier molecular flexibility index (Phi) is 4.47. The van der Waals surface area contributed by atoms with Crippen LogP contribution in [0.2, 0.25) is 0 Å². The predicted molar refractivity (Wildman–Crippen MR) is 91.5 cm³/mol. The van der Waals surface area contributed by atoms with Gasteiger partial charge < -0.3 is 15.4 Å². The topological polar surface area (TPSA) is 62.3 Å². The second-order valence-electron chi connectivity index (χ2n) is 6.27. The molecule has 2 N–H and O–H groups in total. The highest BCUT2D eigenvalue weighted by molar-refractivity contribution is 5.62. The molecule has 0 fully saturated rings. The van der Waals surface area contributed by atoms with Gasteiger partial charge in [0.15, 0.2) is 0 Å². The Morgan fingerprint density at radius 1 is 1.11 bits per heavy atom. The molecule has 8 heteroatoms. The molecule has 0 radical (unpaired) electrons. The number of benzene rings is 2. The van der Waals surface area contributed by atoms with Gasteiger partial charge in [-0.1, -0.05) is 6.07 Å². The highest BCUT2D eigenvalue weighted by Crippen LogP contribution is 2.47. The third-order valence-electron chi connectivity index (χ3n) is 4.35. The first-order valence-electron chi connectivity index (χ1n) is 7.89. The number of fused-ring (bicyclic) bond motifs is 1. The largest absolute Gasteiger partial charge is 0.440 e. The molecule has 3 rings (SSSR count). The molecular weight excluding hydrogens is 362 g/mol. The zero-order valence-corrected chi connectivity index (χ0v) is 14.4. The Balaban J connectivity index is 2.30. The normalized spacial score (nSPS) is 16.4. The Bertz CT molecular complexity index is 974. The van der Waals surface area contributed by atoms with Gasteiger partial charge in [-0.25, -0.2) is 4.39 Å². The SMILES string of the molecule is CN(C)c1ccc2c(c1)OC(N)=C(C#N)C2c1cc(F)ccc1C(F)(F)F. The van der Waals surface area contributed by atoms with Crippen LogP contribution in [0.15, 0.2) is 47.9 Å². The van der Waals surface area contributed by atoms with Crippen LogP contribution in [0.5, 0.6) is 5.75 Å². The number of ether oxygens (including phenoxy) is 1. The summed E-state index contributed by atoms with van der Waals surface area (Å²) in [6, 6.07) is 8.84. The first-order chi connectivity index (χ1) is 12.6. The maximum Gasteiger partial charge on any atom is 0.416 e. The van der Waals surface area contributed by atoms with Crippen LogP contribution >= 0.6 is 0 Å². The van der Waals surface area contributed by atoms with Crippen LogP contribution in [0.1, 0.15) is 22.6 Å². The van der Waals surface area contributed by atoms with Crippen LogP contribution in [0.3, 0.4) is 0 Å². The van der Waals surface area contributed by atoms with Gasteiger partial charge in [-0.3, -0.25) is 0 Å². The summed E-state index contributed by atoms with van der Waals surface area (Å²) in [5, 5.41) is 9.47. The van der Waals surface area contributed by atoms with E-state index in [1.54, 1.807) is 37.2 Å². The maximum absolute atomic E-state index is 13.8. The van der Waals surface area contributed by atoms with Gasteiger partial charge >= 0.3 is 6.18 Å². The second kappa shape index (κ2) is 6.50. The fourth-order valence-corrected chi connectivity index (χ4v) is 3.07. The highest BCUT2D eigenvalue weighted by atomic mass is 19.4. The van der Waals surface area contributed by atoms with E-state index in [-0.39, 0.29) is 22.8 Å². The van der Waals surface area contributed by atoms with Crippen molar-refractivity contribution < 1.29 is 22.3 Å². The average Bonchev–Trinajstić information content (AvgIpc) is 2.58. The molecule has 1 aliphatic heterocycles. The van der Waals surface area contributed by atoms with Crippen LogP contribution in [0.4, 0.5) is 23.2 Å². The molecule has 1 atom stereocenters. The monoisotopic (exact) mass is 377 g/mol. The summed E-state index contributed by atoms with van der Waals surface area (Å²) < 4.78 is 59.9.